The van der Waals surface area contributed by atoms with Gasteiger partial charge in [0.05, 0.1) is 38.4 Å². The summed E-state index contributed by atoms with van der Waals surface area (Å²) in [7, 11) is -23.9. The number of nitrogens with zero attached hydrogens (tertiary/aromatic N) is 5. The van der Waals surface area contributed by atoms with E-state index in [1.54, 1.807) is 0 Å². The molecule has 23 nitrogen and oxygen atoms in total. The Bertz CT molecular complexity index is 2970. The van der Waals surface area contributed by atoms with Crippen LogP contribution in [0.5, 0.6) is 5.75 Å². The number of phenolic OH excluding ortho intramolecular Hbond substituents is 1. The Hall–Kier alpha value is -5.01. The molecule has 5 aromatic rings. The Balaban J connectivity index is 1.57. The van der Waals surface area contributed by atoms with Crippen molar-refractivity contribution in [3.8, 4) is 5.75 Å². The first-order valence-corrected chi connectivity index (χ1v) is 22.2. The van der Waals surface area contributed by atoms with Gasteiger partial charge in [-0.1, -0.05) is 0 Å². The maximum absolute atomic E-state index is 12.5. The lowest BCUT2D eigenvalue weighted by Gasteiger charge is -2.15. The molecule has 0 amide bonds. The van der Waals surface area contributed by atoms with Crippen LogP contribution in [0, 0.1) is 0 Å². The lowest BCUT2D eigenvalue weighted by molar-refractivity contribution is 0.284. The summed E-state index contributed by atoms with van der Waals surface area (Å²) in [4.78, 5) is 9.10. The van der Waals surface area contributed by atoms with Gasteiger partial charge in [-0.05, 0) is 83.7 Å². The summed E-state index contributed by atoms with van der Waals surface area (Å²) in [6.45, 7) is -0.903. The molecule has 298 valence electrons. The van der Waals surface area contributed by atoms with E-state index in [4.69, 9.17) is 16.2 Å². The van der Waals surface area contributed by atoms with Crippen molar-refractivity contribution in [2.75, 3.05) is 23.0 Å². The van der Waals surface area contributed by atoms with Crippen LogP contribution in [0.4, 0.5) is 34.6 Å². The van der Waals surface area contributed by atoms with Crippen molar-refractivity contribution in [3.63, 3.8) is 0 Å². The van der Waals surface area contributed by atoms with E-state index in [1.807, 2.05) is 0 Å². The van der Waals surface area contributed by atoms with Gasteiger partial charge in [-0.15, -0.1) is 5.11 Å². The molecule has 4 aromatic carbocycles. The standard InChI is InChI=1S/C27H22ClN7O16S5/c28-25-31-26(29-15-1-7-18(8-2-15)53(39,40)41)33-27(32-25)30-20-13-19(54(42,43)44)11-14-12-21(55(45,46)47)23(24(36)22(14)20)35-34-16-3-5-17(6-4-16)52(37,38)10-9-51-56(48,49)50/h1-8,11-13,36H,9-10H2,(H,39,40,41)(H,42,43,44)(H,45,46,47)(H,48,49,50)(H2,29,30,31,32,33). The zero-order chi connectivity index (χ0) is 41.4. The van der Waals surface area contributed by atoms with Crippen molar-refractivity contribution in [1.29, 1.82) is 0 Å². The van der Waals surface area contributed by atoms with Crippen molar-refractivity contribution < 1.29 is 69.6 Å². The highest BCUT2D eigenvalue weighted by atomic mass is 35.5. The van der Waals surface area contributed by atoms with Crippen LogP contribution in [0.1, 0.15) is 0 Å². The minimum absolute atomic E-state index is 0.147. The molecule has 56 heavy (non-hydrogen) atoms. The van der Waals surface area contributed by atoms with E-state index in [2.05, 4.69) is 40.0 Å². The molecule has 1 heterocycles. The lowest BCUT2D eigenvalue weighted by atomic mass is 10.1. The average molecular weight is 896 g/mol. The number of halogens is 1. The van der Waals surface area contributed by atoms with Gasteiger partial charge in [-0.2, -0.15) is 53.7 Å². The van der Waals surface area contributed by atoms with Crippen LogP contribution in [0.3, 0.4) is 0 Å². The molecule has 0 fully saturated rings. The van der Waals surface area contributed by atoms with Gasteiger partial charge in [0.2, 0.25) is 17.2 Å². The minimum Gasteiger partial charge on any atom is -0.505 e. The Morgan fingerprint density at radius 3 is 1.79 bits per heavy atom. The number of aromatic hydroxyl groups is 1. The fraction of sp³-hybridized carbons (Fsp3) is 0.0741. The number of benzene rings is 4. The van der Waals surface area contributed by atoms with E-state index >= 15 is 0 Å². The summed E-state index contributed by atoms with van der Waals surface area (Å²) >= 11 is 6.06. The summed E-state index contributed by atoms with van der Waals surface area (Å²) in [6.07, 6.45) is 0. The van der Waals surface area contributed by atoms with Gasteiger partial charge in [0.15, 0.2) is 15.6 Å². The third-order valence-electron chi connectivity index (χ3n) is 7.01. The molecule has 0 spiro atoms. The fourth-order valence-corrected chi connectivity index (χ4v) is 7.95. The number of nitrogens with one attached hydrogen (secondary N) is 2. The third-order valence-corrected chi connectivity index (χ3v) is 11.9. The largest absolute Gasteiger partial charge is 0.505 e. The zero-order valence-corrected chi connectivity index (χ0v) is 32.0. The molecule has 0 aliphatic carbocycles. The number of azo groups is 1. The normalized spacial score (nSPS) is 12.9. The van der Waals surface area contributed by atoms with Gasteiger partial charge in [-0.3, -0.25) is 18.2 Å². The smallest absolute Gasteiger partial charge is 0.397 e. The maximum atomic E-state index is 12.5. The van der Waals surface area contributed by atoms with Gasteiger partial charge in [0.1, 0.15) is 10.6 Å². The number of rotatable bonds is 14. The van der Waals surface area contributed by atoms with Crippen molar-refractivity contribution >= 4 is 108 Å². The molecule has 0 radical (unpaired) electrons. The monoisotopic (exact) mass is 895 g/mol. The molecule has 7 N–H and O–H groups in total. The molecule has 0 atom stereocenters. The minimum atomic E-state index is -5.27. The summed E-state index contributed by atoms with van der Waals surface area (Å²) in [5.74, 6) is -2.62. The number of hydrogen-bond donors (Lipinski definition) is 7. The molecule has 0 saturated carbocycles. The Morgan fingerprint density at radius 1 is 0.661 bits per heavy atom. The number of phenols is 1. The maximum Gasteiger partial charge on any atom is 0.397 e. The van der Waals surface area contributed by atoms with Gasteiger partial charge in [0, 0.05) is 11.1 Å². The first-order valence-electron chi connectivity index (χ1n) is 14.5. The van der Waals surface area contributed by atoms with Crippen LogP contribution >= 0.6 is 11.6 Å². The second-order valence-corrected chi connectivity index (χ2v) is 18.6. The zero-order valence-electron chi connectivity index (χ0n) is 27.1. The van der Waals surface area contributed by atoms with E-state index in [-0.39, 0.29) is 22.2 Å². The molecule has 0 aliphatic heterocycles. The number of anilines is 4. The Kier molecular flexibility index (Phi) is 11.7. The van der Waals surface area contributed by atoms with Crippen LogP contribution in [0.25, 0.3) is 10.8 Å². The van der Waals surface area contributed by atoms with E-state index in [0.29, 0.717) is 6.07 Å². The highest BCUT2D eigenvalue weighted by Crippen LogP contribution is 2.45. The van der Waals surface area contributed by atoms with Crippen molar-refractivity contribution in [3.05, 3.63) is 72.0 Å². The predicted molar refractivity (Wildman–Crippen MR) is 193 cm³/mol. The number of fused-ring (bicyclic) bond motifs is 1. The molecular weight excluding hydrogens is 874 g/mol. The summed E-state index contributed by atoms with van der Waals surface area (Å²) in [6, 6.07) is 11.0. The predicted octanol–water partition coefficient (Wildman–Crippen LogP) is 3.62. The molecule has 29 heteroatoms. The van der Waals surface area contributed by atoms with Gasteiger partial charge < -0.3 is 15.7 Å². The number of sulfone groups is 1. The van der Waals surface area contributed by atoms with Crippen molar-refractivity contribution in [2.45, 2.75) is 19.6 Å². The van der Waals surface area contributed by atoms with E-state index in [1.165, 1.54) is 12.1 Å². The number of hydrogen-bond acceptors (Lipinski definition) is 19. The van der Waals surface area contributed by atoms with E-state index in [0.717, 1.165) is 48.5 Å². The van der Waals surface area contributed by atoms with Crippen LogP contribution in [-0.2, 0) is 54.8 Å². The van der Waals surface area contributed by atoms with Crippen LogP contribution in [-0.4, -0.2) is 92.7 Å². The summed E-state index contributed by atoms with van der Waals surface area (Å²) in [5, 5.41) is 22.9. The first-order chi connectivity index (χ1) is 25.8. The van der Waals surface area contributed by atoms with Gasteiger partial charge >= 0.3 is 10.4 Å². The third kappa shape index (κ3) is 10.4. The highest BCUT2D eigenvalue weighted by molar-refractivity contribution is 7.91. The van der Waals surface area contributed by atoms with Gasteiger partial charge in [-0.25, -0.2) is 12.6 Å². The van der Waals surface area contributed by atoms with Gasteiger partial charge in [0.25, 0.3) is 30.4 Å². The van der Waals surface area contributed by atoms with E-state index < -0.39 is 117 Å². The van der Waals surface area contributed by atoms with Crippen LogP contribution in [0.2, 0.25) is 5.28 Å². The molecule has 0 aliphatic rings. The second kappa shape index (κ2) is 15.5. The summed E-state index contributed by atoms with van der Waals surface area (Å²) in [5.41, 5.74) is -1.29. The highest BCUT2D eigenvalue weighted by Gasteiger charge is 2.26. The molecular formula is C27H22ClN7O16S5. The Labute approximate surface area is 321 Å². The molecule has 0 saturated heterocycles. The van der Waals surface area contributed by atoms with Crippen molar-refractivity contribution in [1.82, 2.24) is 15.0 Å². The Morgan fingerprint density at radius 2 is 1.23 bits per heavy atom. The summed E-state index contributed by atoms with van der Waals surface area (Å²) < 4.78 is 160. The average Bonchev–Trinajstić information content (AvgIpc) is 3.06. The number of aromatic nitrogens is 3. The van der Waals surface area contributed by atoms with Crippen LogP contribution < -0.4 is 10.6 Å². The molecule has 0 bridgehead atoms. The fourth-order valence-electron chi connectivity index (χ4n) is 4.62. The topological polar surface area (TPSA) is 369 Å². The molecule has 5 rings (SSSR count). The second-order valence-electron chi connectivity index (χ2n) is 10.9. The SMILES string of the molecule is O=S(=O)(O)OCCS(=O)(=O)c1ccc(N=Nc2c(S(=O)(=O)O)cc3cc(S(=O)(=O)O)cc(Nc4nc(Cl)nc(Nc5ccc(S(=O)(=O)O)cc5)n4)c3c2O)cc1. The molecule has 0 unspecified atom stereocenters. The van der Waals surface area contributed by atoms with Crippen LogP contribution in [0.15, 0.2) is 96.5 Å². The lowest BCUT2D eigenvalue weighted by Crippen LogP contribution is -2.15. The first kappa shape index (κ1) is 42.1. The van der Waals surface area contributed by atoms with Crippen molar-refractivity contribution in [2.24, 2.45) is 10.2 Å². The molecule has 1 aromatic heterocycles. The van der Waals surface area contributed by atoms with E-state index in [9.17, 15) is 60.9 Å². The quantitative estimate of drug-likeness (QED) is 0.0618.